The van der Waals surface area contributed by atoms with Gasteiger partial charge in [-0.2, -0.15) is 0 Å². The van der Waals surface area contributed by atoms with E-state index in [0.29, 0.717) is 0 Å². The smallest absolute Gasteiger partial charge is 0.263 e. The average molecular weight is 345 g/mol. The van der Waals surface area contributed by atoms with Crippen molar-refractivity contribution in [3.05, 3.63) is 90.5 Å². The average Bonchev–Trinajstić information content (AvgIpc) is 3.51. The number of hydrogen-bond acceptors (Lipinski definition) is 3. The van der Waals surface area contributed by atoms with Crippen molar-refractivity contribution in [1.29, 1.82) is 0 Å². The number of carbonyl (C=O) groups is 1. The summed E-state index contributed by atoms with van der Waals surface area (Å²) in [7, 11) is 1.63. The minimum absolute atomic E-state index is 0.0665. The number of rotatable bonds is 5. The van der Waals surface area contributed by atoms with E-state index in [-0.39, 0.29) is 12.0 Å². The molecule has 1 amide bonds. The molecule has 4 rings (SSSR count). The third-order valence-electron chi connectivity index (χ3n) is 4.43. The first-order chi connectivity index (χ1) is 12.8. The Balaban J connectivity index is 1.60. The van der Waals surface area contributed by atoms with E-state index in [4.69, 9.17) is 9.47 Å². The normalized spacial score (nSPS) is 18.2. The lowest BCUT2D eigenvalue weighted by Gasteiger charge is -2.22. The molecule has 0 aliphatic carbocycles. The maximum absolute atomic E-state index is 13.2. The van der Waals surface area contributed by atoms with E-state index in [9.17, 15) is 4.79 Å². The Kier molecular flexibility index (Phi) is 4.42. The van der Waals surface area contributed by atoms with Crippen LogP contribution in [0.3, 0.4) is 0 Å². The number of methoxy groups -OCH3 is 1. The highest BCUT2D eigenvalue weighted by Gasteiger charge is 2.48. The molecule has 2 atom stereocenters. The topological polar surface area (TPSA) is 42.1 Å². The van der Waals surface area contributed by atoms with E-state index in [1.54, 1.807) is 12.0 Å². The van der Waals surface area contributed by atoms with Crippen molar-refractivity contribution in [2.45, 2.75) is 12.2 Å². The zero-order valence-electron chi connectivity index (χ0n) is 14.4. The van der Waals surface area contributed by atoms with Gasteiger partial charge in [0.2, 0.25) is 0 Å². The Bertz CT molecular complexity index is 839. The predicted octanol–water partition coefficient (Wildman–Crippen LogP) is 4.50. The minimum atomic E-state index is -0.483. The van der Waals surface area contributed by atoms with Crippen molar-refractivity contribution in [3.8, 4) is 5.75 Å². The summed E-state index contributed by atoms with van der Waals surface area (Å²) in [6.45, 7) is 0. The first-order valence-electron chi connectivity index (χ1n) is 8.51. The summed E-state index contributed by atoms with van der Waals surface area (Å²) in [6.07, 6.45) is -0.702. The number of hydrogen-bond donors (Lipinski definition) is 0. The second-order valence-electron chi connectivity index (χ2n) is 6.10. The molecule has 1 fully saturated rings. The van der Waals surface area contributed by atoms with Gasteiger partial charge in [0.25, 0.3) is 5.91 Å². The summed E-state index contributed by atoms with van der Waals surface area (Å²) >= 11 is 0. The quantitative estimate of drug-likeness (QED) is 0.639. The Morgan fingerprint density at radius 2 is 1.38 bits per heavy atom. The number of ether oxygens (including phenoxy) is 2. The van der Waals surface area contributed by atoms with Crippen molar-refractivity contribution in [3.63, 3.8) is 0 Å². The predicted molar refractivity (Wildman–Crippen MR) is 101 cm³/mol. The Morgan fingerprint density at radius 1 is 0.846 bits per heavy atom. The van der Waals surface area contributed by atoms with E-state index in [2.05, 4.69) is 0 Å². The number of benzene rings is 3. The van der Waals surface area contributed by atoms with Crippen molar-refractivity contribution in [2.75, 3.05) is 12.0 Å². The van der Waals surface area contributed by atoms with E-state index in [1.807, 2.05) is 84.9 Å². The lowest BCUT2D eigenvalue weighted by Crippen LogP contribution is -2.30. The molecule has 0 saturated carbocycles. The van der Waals surface area contributed by atoms with Gasteiger partial charge in [0.05, 0.1) is 7.11 Å². The molecule has 4 heteroatoms. The minimum Gasteiger partial charge on any atom is -0.497 e. The highest BCUT2D eigenvalue weighted by atomic mass is 16.6. The monoisotopic (exact) mass is 345 g/mol. The first kappa shape index (κ1) is 16.4. The summed E-state index contributed by atoms with van der Waals surface area (Å²) in [6, 6.07) is 26.9. The summed E-state index contributed by atoms with van der Waals surface area (Å²) in [4.78, 5) is 14.9. The van der Waals surface area contributed by atoms with Crippen LogP contribution in [0.2, 0.25) is 0 Å². The van der Waals surface area contributed by atoms with E-state index >= 15 is 0 Å². The highest BCUT2D eigenvalue weighted by Crippen LogP contribution is 2.42. The van der Waals surface area contributed by atoms with Gasteiger partial charge in [-0.15, -0.1) is 0 Å². The molecule has 0 N–H and O–H groups in total. The lowest BCUT2D eigenvalue weighted by atomic mass is 10.1. The number of anilines is 2. The fraction of sp³-hybridized carbons (Fsp3) is 0.136. The zero-order chi connectivity index (χ0) is 17.9. The van der Waals surface area contributed by atoms with Gasteiger partial charge in [0.15, 0.2) is 6.10 Å². The Hall–Kier alpha value is -3.11. The van der Waals surface area contributed by atoms with Gasteiger partial charge in [0.1, 0.15) is 11.9 Å². The maximum Gasteiger partial charge on any atom is 0.263 e. The van der Waals surface area contributed by atoms with Gasteiger partial charge in [-0.05, 0) is 42.0 Å². The van der Waals surface area contributed by atoms with Crippen LogP contribution in [-0.4, -0.2) is 19.1 Å². The molecule has 3 aromatic carbocycles. The molecular formula is C22H19NO3. The SMILES string of the molecule is COc1ccc([C@@H]2O[C@H]2C(=O)N(c2ccccc2)c2ccccc2)cc1. The van der Waals surface area contributed by atoms with Crippen LogP contribution in [-0.2, 0) is 9.53 Å². The van der Waals surface area contributed by atoms with Crippen LogP contribution < -0.4 is 9.64 Å². The molecule has 1 heterocycles. The van der Waals surface area contributed by atoms with Crippen LogP contribution in [0.1, 0.15) is 11.7 Å². The van der Waals surface area contributed by atoms with Crippen LogP contribution in [0.15, 0.2) is 84.9 Å². The number of amides is 1. The molecule has 0 unspecified atom stereocenters. The molecule has 1 aliphatic heterocycles. The highest BCUT2D eigenvalue weighted by molar-refractivity contribution is 6.04. The van der Waals surface area contributed by atoms with E-state index in [0.717, 1.165) is 22.7 Å². The molecule has 0 aromatic heterocycles. The summed E-state index contributed by atoms with van der Waals surface area (Å²) < 4.78 is 10.9. The largest absolute Gasteiger partial charge is 0.497 e. The third kappa shape index (κ3) is 3.19. The van der Waals surface area contributed by atoms with Crippen LogP contribution in [0.4, 0.5) is 11.4 Å². The number of para-hydroxylation sites is 2. The molecule has 130 valence electrons. The van der Waals surface area contributed by atoms with Crippen molar-refractivity contribution >= 4 is 17.3 Å². The van der Waals surface area contributed by atoms with Crippen molar-refractivity contribution in [2.24, 2.45) is 0 Å². The fourth-order valence-electron chi connectivity index (χ4n) is 3.03. The van der Waals surface area contributed by atoms with E-state index in [1.165, 1.54) is 0 Å². The van der Waals surface area contributed by atoms with Crippen molar-refractivity contribution < 1.29 is 14.3 Å². The second kappa shape index (κ2) is 7.02. The van der Waals surface area contributed by atoms with Crippen LogP contribution in [0, 0.1) is 0 Å². The second-order valence-corrected chi connectivity index (χ2v) is 6.10. The van der Waals surface area contributed by atoms with Crippen LogP contribution in [0.5, 0.6) is 5.75 Å². The van der Waals surface area contributed by atoms with Gasteiger partial charge in [-0.25, -0.2) is 0 Å². The number of nitrogens with zero attached hydrogens (tertiary/aromatic N) is 1. The molecule has 26 heavy (non-hydrogen) atoms. The van der Waals surface area contributed by atoms with Crippen molar-refractivity contribution in [1.82, 2.24) is 0 Å². The van der Waals surface area contributed by atoms with E-state index < -0.39 is 6.10 Å². The molecule has 1 saturated heterocycles. The van der Waals surface area contributed by atoms with Gasteiger partial charge in [-0.3, -0.25) is 9.69 Å². The summed E-state index contributed by atoms with van der Waals surface area (Å²) in [5, 5.41) is 0. The van der Waals surface area contributed by atoms with Crippen LogP contribution >= 0.6 is 0 Å². The third-order valence-corrected chi connectivity index (χ3v) is 4.43. The molecule has 4 nitrogen and oxygen atoms in total. The summed E-state index contributed by atoms with van der Waals surface area (Å²) in [5.41, 5.74) is 2.63. The lowest BCUT2D eigenvalue weighted by molar-refractivity contribution is -0.119. The molecule has 3 aromatic rings. The maximum atomic E-state index is 13.2. The van der Waals surface area contributed by atoms with Gasteiger partial charge in [-0.1, -0.05) is 48.5 Å². The first-order valence-corrected chi connectivity index (χ1v) is 8.51. The molecular weight excluding hydrogens is 326 g/mol. The zero-order valence-corrected chi connectivity index (χ0v) is 14.4. The molecule has 1 aliphatic rings. The Morgan fingerprint density at radius 3 is 1.88 bits per heavy atom. The standard InChI is InChI=1S/C22H19NO3/c1-25-19-14-12-16(13-15-19)20-21(26-20)22(24)23(17-8-4-2-5-9-17)18-10-6-3-7-11-18/h2-15,20-21H,1H3/t20-,21+/m0/s1. The molecule has 0 radical (unpaired) electrons. The molecule has 0 spiro atoms. The van der Waals surface area contributed by atoms with Gasteiger partial charge < -0.3 is 9.47 Å². The number of carbonyl (C=O) groups excluding carboxylic acids is 1. The Labute approximate surface area is 152 Å². The van der Waals surface area contributed by atoms with Crippen LogP contribution in [0.25, 0.3) is 0 Å². The van der Waals surface area contributed by atoms with Gasteiger partial charge in [0, 0.05) is 11.4 Å². The summed E-state index contributed by atoms with van der Waals surface area (Å²) in [5.74, 6) is 0.718. The number of epoxide rings is 1. The molecule has 0 bridgehead atoms. The fourth-order valence-corrected chi connectivity index (χ4v) is 3.03. The van der Waals surface area contributed by atoms with Gasteiger partial charge >= 0.3 is 0 Å².